The molecule has 0 bridgehead atoms. The topological polar surface area (TPSA) is 69.1 Å². The van der Waals surface area contributed by atoms with Gasteiger partial charge in [0.15, 0.2) is 10.8 Å². The number of hydrogen-bond donors (Lipinski definition) is 1. The molecule has 0 aliphatic carbocycles. The largest absolute Gasteiger partial charge is 0.368 e. The van der Waals surface area contributed by atoms with E-state index < -0.39 is 0 Å². The van der Waals surface area contributed by atoms with E-state index in [9.17, 15) is 0 Å². The number of nitrogens with two attached hydrogens (primary N) is 1. The first-order chi connectivity index (χ1) is 6.24. The molecule has 2 heterocycles. The van der Waals surface area contributed by atoms with E-state index in [2.05, 4.69) is 15.2 Å². The second-order valence-corrected chi connectivity index (χ2v) is 3.49. The Labute approximate surface area is 99.8 Å². The molecule has 2 rings (SSSR count). The summed E-state index contributed by atoms with van der Waals surface area (Å²) in [6.07, 6.45) is 3.44. The van der Waals surface area contributed by atoms with Crippen molar-refractivity contribution in [3.8, 4) is 0 Å². The normalized spacial score (nSPS) is 10.1. The van der Waals surface area contributed by atoms with Gasteiger partial charge in [0, 0.05) is 0 Å². The molecule has 0 fully saturated rings. The minimum absolute atomic E-state index is 0. The summed E-state index contributed by atoms with van der Waals surface area (Å²) < 4.78 is 1.62. The molecule has 0 saturated heterocycles. The van der Waals surface area contributed by atoms with Gasteiger partial charge in [-0.1, -0.05) is 23.4 Å². The van der Waals surface area contributed by atoms with Crippen LogP contribution in [0.3, 0.4) is 0 Å². The zero-order valence-corrected chi connectivity index (χ0v) is 10.4. The molecule has 0 aromatic carbocycles. The van der Waals surface area contributed by atoms with Crippen molar-refractivity contribution >= 4 is 51.9 Å². The Morgan fingerprint density at radius 3 is 2.86 bits per heavy atom. The number of rotatable bonds is 1. The quantitative estimate of drug-likeness (QED) is 0.640. The summed E-state index contributed by atoms with van der Waals surface area (Å²) in [6.45, 7) is 0. The average Bonchev–Trinajstić information content (AvgIpc) is 2.51. The van der Waals surface area contributed by atoms with Crippen LogP contribution in [0.4, 0.5) is 5.95 Å². The van der Waals surface area contributed by atoms with Gasteiger partial charge in [0.2, 0.25) is 5.95 Å². The molecule has 0 aliphatic heterocycles. The number of hydrogen-bond acceptors (Lipinski definition) is 5. The monoisotopic (exact) mass is 295 g/mol. The molecule has 0 spiro atoms. The summed E-state index contributed by atoms with van der Waals surface area (Å²) in [7, 11) is 0. The summed E-state index contributed by atoms with van der Waals surface area (Å²) in [5, 5.41) is 8.72. The molecule has 0 atom stereocenters. The molecule has 0 radical (unpaired) electrons. The van der Waals surface area contributed by atoms with E-state index in [0.717, 1.165) is 5.16 Å². The first kappa shape index (κ1) is 11.5. The molecule has 14 heavy (non-hydrogen) atoms. The lowest BCUT2D eigenvalue weighted by Gasteiger charge is -2.01. The number of halogens is 2. The Balaban J connectivity index is 0.000000980. The molecule has 0 saturated carbocycles. The minimum Gasteiger partial charge on any atom is -0.368 e. The standard InChI is InChI=1S/C6H6ClN5S.BrH/c1-13-6-9-2-3(7)4-10-11-5(8)12(4)6;/h2H,1H3,(H2,8,11);1H. The van der Waals surface area contributed by atoms with E-state index in [1.54, 1.807) is 4.40 Å². The first-order valence-corrected chi connectivity index (χ1v) is 5.03. The summed E-state index contributed by atoms with van der Waals surface area (Å²) in [5.41, 5.74) is 6.14. The molecule has 0 aliphatic rings. The Bertz CT molecular complexity index is 459. The van der Waals surface area contributed by atoms with Gasteiger partial charge in [-0.3, -0.25) is 0 Å². The summed E-state index contributed by atoms with van der Waals surface area (Å²) in [5.74, 6) is 0.300. The molecule has 0 unspecified atom stereocenters. The molecular weight excluding hydrogens is 290 g/mol. The maximum absolute atomic E-state index is 5.85. The molecule has 8 heteroatoms. The molecule has 2 aromatic heterocycles. The van der Waals surface area contributed by atoms with Crippen LogP contribution in [0.2, 0.25) is 5.02 Å². The van der Waals surface area contributed by atoms with E-state index in [-0.39, 0.29) is 17.0 Å². The van der Waals surface area contributed by atoms with Gasteiger partial charge in [0.1, 0.15) is 5.02 Å². The van der Waals surface area contributed by atoms with E-state index in [1.807, 2.05) is 6.26 Å². The Morgan fingerprint density at radius 1 is 1.50 bits per heavy atom. The molecule has 0 amide bonds. The van der Waals surface area contributed by atoms with Gasteiger partial charge in [0.25, 0.3) is 0 Å². The highest BCUT2D eigenvalue weighted by molar-refractivity contribution is 8.93. The van der Waals surface area contributed by atoms with Crippen LogP contribution >= 0.6 is 40.3 Å². The van der Waals surface area contributed by atoms with Crippen molar-refractivity contribution in [3.63, 3.8) is 0 Å². The van der Waals surface area contributed by atoms with E-state index >= 15 is 0 Å². The molecule has 76 valence electrons. The van der Waals surface area contributed by atoms with Crippen molar-refractivity contribution in [1.29, 1.82) is 0 Å². The number of anilines is 1. The van der Waals surface area contributed by atoms with Gasteiger partial charge in [-0.05, 0) is 6.26 Å². The predicted molar refractivity (Wildman–Crippen MR) is 62.3 cm³/mol. The maximum Gasteiger partial charge on any atom is 0.228 e. The highest BCUT2D eigenvalue weighted by Crippen LogP contribution is 2.21. The van der Waals surface area contributed by atoms with Gasteiger partial charge in [0.05, 0.1) is 6.20 Å². The second kappa shape index (κ2) is 4.33. The van der Waals surface area contributed by atoms with Crippen LogP contribution in [0.1, 0.15) is 0 Å². The Kier molecular flexibility index (Phi) is 3.57. The fourth-order valence-corrected chi connectivity index (χ4v) is 1.70. The third kappa shape index (κ3) is 1.67. The van der Waals surface area contributed by atoms with Crippen molar-refractivity contribution < 1.29 is 0 Å². The van der Waals surface area contributed by atoms with Gasteiger partial charge in [-0.15, -0.1) is 27.2 Å². The van der Waals surface area contributed by atoms with Crippen molar-refractivity contribution in [3.05, 3.63) is 11.2 Å². The van der Waals surface area contributed by atoms with Crippen LogP contribution in [0.15, 0.2) is 11.4 Å². The SMILES string of the molecule is Br.CSc1ncc(Cl)c2nnc(N)n12. The number of nitrogen functional groups attached to an aromatic ring is 1. The summed E-state index contributed by atoms with van der Waals surface area (Å²) >= 11 is 7.31. The van der Waals surface area contributed by atoms with Crippen molar-refractivity contribution in [2.45, 2.75) is 5.16 Å². The lowest BCUT2D eigenvalue weighted by molar-refractivity contribution is 0.910. The Hall–Kier alpha value is -0.530. The number of aromatic nitrogens is 4. The second-order valence-electron chi connectivity index (χ2n) is 2.31. The summed E-state index contributed by atoms with van der Waals surface area (Å²) in [6, 6.07) is 0. The molecule has 5 nitrogen and oxygen atoms in total. The zero-order valence-electron chi connectivity index (χ0n) is 7.14. The van der Waals surface area contributed by atoms with Crippen LogP contribution in [-0.2, 0) is 0 Å². The lowest BCUT2D eigenvalue weighted by Crippen LogP contribution is -1.99. The molecule has 2 N–H and O–H groups in total. The van der Waals surface area contributed by atoms with Crippen LogP contribution in [0.25, 0.3) is 5.65 Å². The first-order valence-electron chi connectivity index (χ1n) is 3.43. The zero-order chi connectivity index (χ0) is 9.42. The van der Waals surface area contributed by atoms with Crippen LogP contribution < -0.4 is 5.73 Å². The lowest BCUT2D eigenvalue weighted by atomic mass is 10.6. The van der Waals surface area contributed by atoms with E-state index in [0.29, 0.717) is 16.6 Å². The fraction of sp³-hybridized carbons (Fsp3) is 0.167. The van der Waals surface area contributed by atoms with E-state index in [4.69, 9.17) is 17.3 Å². The molecular formula is C6H7BrClN5S. The van der Waals surface area contributed by atoms with Crippen LogP contribution in [-0.4, -0.2) is 25.8 Å². The maximum atomic E-state index is 5.85. The van der Waals surface area contributed by atoms with Gasteiger partial charge >= 0.3 is 0 Å². The fourth-order valence-electron chi connectivity index (χ4n) is 1.01. The summed E-state index contributed by atoms with van der Waals surface area (Å²) in [4.78, 5) is 4.09. The van der Waals surface area contributed by atoms with Crippen LogP contribution in [0, 0.1) is 0 Å². The third-order valence-electron chi connectivity index (χ3n) is 1.56. The number of fused-ring (bicyclic) bond motifs is 1. The molecule has 2 aromatic rings. The van der Waals surface area contributed by atoms with Crippen molar-refractivity contribution in [2.75, 3.05) is 12.0 Å². The Morgan fingerprint density at radius 2 is 2.21 bits per heavy atom. The predicted octanol–water partition coefficient (Wildman–Crippen LogP) is 1.66. The van der Waals surface area contributed by atoms with Gasteiger partial charge in [-0.2, -0.15) is 0 Å². The van der Waals surface area contributed by atoms with Gasteiger partial charge < -0.3 is 5.73 Å². The highest BCUT2D eigenvalue weighted by Gasteiger charge is 2.10. The smallest absolute Gasteiger partial charge is 0.228 e. The van der Waals surface area contributed by atoms with Gasteiger partial charge in [-0.25, -0.2) is 9.38 Å². The average molecular weight is 297 g/mol. The minimum atomic E-state index is 0. The highest BCUT2D eigenvalue weighted by atomic mass is 79.9. The van der Waals surface area contributed by atoms with Crippen LogP contribution in [0.5, 0.6) is 0 Å². The third-order valence-corrected chi connectivity index (χ3v) is 2.48. The number of thioether (sulfide) groups is 1. The van der Waals surface area contributed by atoms with E-state index in [1.165, 1.54) is 18.0 Å². The van der Waals surface area contributed by atoms with Crippen molar-refractivity contribution in [2.24, 2.45) is 0 Å². The van der Waals surface area contributed by atoms with Crippen molar-refractivity contribution in [1.82, 2.24) is 19.6 Å². The number of nitrogens with zero attached hydrogens (tertiary/aromatic N) is 4.